The second-order valence-electron chi connectivity index (χ2n) is 6.60. The van der Waals surface area contributed by atoms with Gasteiger partial charge in [0.05, 0.1) is 13.2 Å². The van der Waals surface area contributed by atoms with E-state index in [1.165, 1.54) is 12.1 Å². The zero-order valence-electron chi connectivity index (χ0n) is 14.1. The predicted molar refractivity (Wildman–Crippen MR) is 88.3 cm³/mol. The van der Waals surface area contributed by atoms with Gasteiger partial charge >= 0.3 is 6.03 Å². The molecule has 0 aromatic heterocycles. The Balaban J connectivity index is 1.37. The van der Waals surface area contributed by atoms with Crippen molar-refractivity contribution in [2.75, 3.05) is 19.8 Å². The van der Waals surface area contributed by atoms with E-state index in [1.807, 2.05) is 6.92 Å². The first-order chi connectivity index (χ1) is 11.6. The van der Waals surface area contributed by atoms with Crippen molar-refractivity contribution in [1.29, 1.82) is 0 Å². The Bertz CT molecular complexity index is 578. The van der Waals surface area contributed by atoms with Gasteiger partial charge in [0.25, 0.3) is 0 Å². The van der Waals surface area contributed by atoms with Gasteiger partial charge in [0.15, 0.2) is 5.79 Å². The molecule has 1 saturated carbocycles. The summed E-state index contributed by atoms with van der Waals surface area (Å²) in [4.78, 5) is 12.0. The number of benzene rings is 1. The highest BCUT2D eigenvalue weighted by Crippen LogP contribution is 2.35. The number of ether oxygens (including phenoxy) is 2. The molecule has 3 rings (SSSR count). The zero-order valence-corrected chi connectivity index (χ0v) is 14.1. The molecular weight excluding hydrogens is 311 g/mol. The van der Waals surface area contributed by atoms with Crippen LogP contribution in [0.5, 0.6) is 0 Å². The van der Waals surface area contributed by atoms with Gasteiger partial charge < -0.3 is 20.1 Å². The third-order valence-corrected chi connectivity index (χ3v) is 4.88. The molecular formula is C18H25FN2O3. The second-order valence-corrected chi connectivity index (χ2v) is 6.60. The third-order valence-electron chi connectivity index (χ3n) is 4.88. The van der Waals surface area contributed by atoms with Crippen molar-refractivity contribution < 1.29 is 18.7 Å². The summed E-state index contributed by atoms with van der Waals surface area (Å²) in [5.41, 5.74) is 1.96. The van der Waals surface area contributed by atoms with Crippen molar-refractivity contribution in [3.8, 4) is 0 Å². The van der Waals surface area contributed by atoms with Crippen molar-refractivity contribution in [1.82, 2.24) is 10.6 Å². The van der Waals surface area contributed by atoms with E-state index in [0.717, 1.165) is 36.8 Å². The molecule has 2 aliphatic rings. The van der Waals surface area contributed by atoms with Gasteiger partial charge in [0.1, 0.15) is 5.82 Å². The zero-order chi connectivity index (χ0) is 17.0. The monoisotopic (exact) mass is 336 g/mol. The van der Waals surface area contributed by atoms with E-state index in [2.05, 4.69) is 10.6 Å². The van der Waals surface area contributed by atoms with Crippen molar-refractivity contribution >= 4 is 6.03 Å². The molecule has 1 aliphatic carbocycles. The Labute approximate surface area is 141 Å². The van der Waals surface area contributed by atoms with Crippen LogP contribution in [0.25, 0.3) is 0 Å². The van der Waals surface area contributed by atoms with Crippen LogP contribution in [0.2, 0.25) is 0 Å². The molecule has 2 amide bonds. The highest BCUT2D eigenvalue weighted by molar-refractivity contribution is 5.74. The minimum atomic E-state index is -0.394. The lowest BCUT2D eigenvalue weighted by Gasteiger charge is -2.35. The van der Waals surface area contributed by atoms with E-state index in [0.29, 0.717) is 26.2 Å². The first-order valence-corrected chi connectivity index (χ1v) is 8.64. The van der Waals surface area contributed by atoms with Crippen LogP contribution in [0.1, 0.15) is 36.8 Å². The minimum absolute atomic E-state index is 0.149. The number of carbonyl (C=O) groups excluding carboxylic acids is 1. The lowest BCUT2D eigenvalue weighted by Crippen LogP contribution is -2.47. The first kappa shape index (κ1) is 17.2. The Hall–Kier alpha value is -1.66. The number of amides is 2. The van der Waals surface area contributed by atoms with Crippen LogP contribution >= 0.6 is 0 Å². The van der Waals surface area contributed by atoms with E-state index < -0.39 is 5.79 Å². The number of halogens is 1. The molecule has 1 heterocycles. The van der Waals surface area contributed by atoms with Crippen LogP contribution in [-0.4, -0.2) is 37.6 Å². The maximum atomic E-state index is 13.1. The fourth-order valence-electron chi connectivity index (χ4n) is 3.47. The Morgan fingerprint density at radius 2 is 2.00 bits per heavy atom. The summed E-state index contributed by atoms with van der Waals surface area (Å²) in [6.45, 7) is 3.74. The van der Waals surface area contributed by atoms with E-state index in [-0.39, 0.29) is 17.9 Å². The van der Waals surface area contributed by atoms with Crippen molar-refractivity contribution in [3.63, 3.8) is 0 Å². The molecule has 0 atom stereocenters. The highest BCUT2D eigenvalue weighted by Gasteiger charge is 2.40. The maximum absolute atomic E-state index is 13.1. The van der Waals surface area contributed by atoms with Crippen LogP contribution in [0.15, 0.2) is 18.2 Å². The maximum Gasteiger partial charge on any atom is 0.315 e. The number of rotatable bonds is 4. The van der Waals surface area contributed by atoms with Gasteiger partial charge in [-0.05, 0) is 49.4 Å². The summed E-state index contributed by atoms with van der Waals surface area (Å²) in [6.07, 6.45) is 4.07. The van der Waals surface area contributed by atoms with E-state index in [1.54, 1.807) is 6.07 Å². The standard InChI is InChI=1S/C18H25FN2O3/c1-13-12-15(19)3-2-14(13)6-9-20-17(22)21-16-4-7-18(8-5-16)23-10-11-24-18/h2-3,12,16H,4-11H2,1H3,(H2,20,21,22). The number of hydrogen-bond donors (Lipinski definition) is 2. The Kier molecular flexibility index (Phi) is 5.36. The largest absolute Gasteiger partial charge is 0.348 e. The highest BCUT2D eigenvalue weighted by atomic mass is 19.1. The van der Waals surface area contributed by atoms with E-state index >= 15 is 0 Å². The van der Waals surface area contributed by atoms with E-state index in [4.69, 9.17) is 9.47 Å². The summed E-state index contributed by atoms with van der Waals surface area (Å²) in [5.74, 6) is -0.623. The minimum Gasteiger partial charge on any atom is -0.348 e. The number of urea groups is 1. The molecule has 132 valence electrons. The second kappa shape index (κ2) is 7.49. The normalized spacial score (nSPS) is 20.2. The van der Waals surface area contributed by atoms with Gasteiger partial charge in [-0.25, -0.2) is 9.18 Å². The quantitative estimate of drug-likeness (QED) is 0.889. The summed E-state index contributed by atoms with van der Waals surface area (Å²) in [7, 11) is 0. The van der Waals surface area contributed by atoms with Gasteiger partial charge in [0.2, 0.25) is 0 Å². The summed E-state index contributed by atoms with van der Waals surface area (Å²) < 4.78 is 24.5. The van der Waals surface area contributed by atoms with Gasteiger partial charge in [-0.3, -0.25) is 0 Å². The summed E-state index contributed by atoms with van der Waals surface area (Å²) >= 11 is 0. The van der Waals surface area contributed by atoms with Crippen molar-refractivity contribution in [3.05, 3.63) is 35.1 Å². The molecule has 1 aromatic rings. The SMILES string of the molecule is Cc1cc(F)ccc1CCNC(=O)NC1CCC2(CC1)OCCO2. The molecule has 0 unspecified atom stereocenters. The lowest BCUT2D eigenvalue weighted by molar-refractivity contribution is -0.179. The molecule has 1 aromatic carbocycles. The molecule has 2 fully saturated rings. The van der Waals surface area contributed by atoms with Crippen LogP contribution in [0.4, 0.5) is 9.18 Å². The molecule has 0 radical (unpaired) electrons. The molecule has 1 saturated heterocycles. The summed E-state index contributed by atoms with van der Waals surface area (Å²) in [5, 5.41) is 5.89. The molecule has 1 aliphatic heterocycles. The third kappa shape index (κ3) is 4.24. The Morgan fingerprint density at radius 1 is 1.29 bits per heavy atom. The molecule has 5 nitrogen and oxygen atoms in total. The number of aryl methyl sites for hydroxylation is 1. The van der Waals surface area contributed by atoms with Crippen LogP contribution in [-0.2, 0) is 15.9 Å². The summed E-state index contributed by atoms with van der Waals surface area (Å²) in [6, 6.07) is 4.75. The smallest absolute Gasteiger partial charge is 0.315 e. The molecule has 1 spiro atoms. The van der Waals surface area contributed by atoms with Gasteiger partial charge in [-0.1, -0.05) is 6.07 Å². The molecule has 0 bridgehead atoms. The average molecular weight is 336 g/mol. The van der Waals surface area contributed by atoms with Crippen LogP contribution < -0.4 is 10.6 Å². The fraction of sp³-hybridized carbons (Fsp3) is 0.611. The van der Waals surface area contributed by atoms with Gasteiger partial charge in [-0.2, -0.15) is 0 Å². The van der Waals surface area contributed by atoms with Crippen LogP contribution in [0, 0.1) is 12.7 Å². The fourth-order valence-corrected chi connectivity index (χ4v) is 3.47. The number of nitrogens with one attached hydrogen (secondary N) is 2. The molecule has 24 heavy (non-hydrogen) atoms. The van der Waals surface area contributed by atoms with Crippen LogP contribution in [0.3, 0.4) is 0 Å². The Morgan fingerprint density at radius 3 is 2.67 bits per heavy atom. The average Bonchev–Trinajstić information content (AvgIpc) is 3.00. The van der Waals surface area contributed by atoms with Crippen molar-refractivity contribution in [2.45, 2.75) is 50.9 Å². The molecule has 6 heteroatoms. The van der Waals surface area contributed by atoms with Crippen molar-refractivity contribution in [2.24, 2.45) is 0 Å². The number of hydrogen-bond acceptors (Lipinski definition) is 3. The van der Waals surface area contributed by atoms with E-state index in [9.17, 15) is 9.18 Å². The van der Waals surface area contributed by atoms with Gasteiger partial charge in [-0.15, -0.1) is 0 Å². The first-order valence-electron chi connectivity index (χ1n) is 8.64. The predicted octanol–water partition coefficient (Wildman–Crippen LogP) is 2.66. The number of carbonyl (C=O) groups is 1. The molecule has 2 N–H and O–H groups in total. The van der Waals surface area contributed by atoms with Gasteiger partial charge in [0, 0.05) is 25.4 Å². The topological polar surface area (TPSA) is 59.6 Å². The lowest BCUT2D eigenvalue weighted by atomic mass is 9.90.